The summed E-state index contributed by atoms with van der Waals surface area (Å²) in [4.78, 5) is 23.6. The molecule has 1 heterocycles. The summed E-state index contributed by atoms with van der Waals surface area (Å²) in [5.74, 6) is -1.46. The Hall–Kier alpha value is -2.77. The number of aromatic nitrogens is 3. The summed E-state index contributed by atoms with van der Waals surface area (Å²) in [6.07, 6.45) is 4.63. The summed E-state index contributed by atoms with van der Waals surface area (Å²) in [5, 5.41) is 19.3. The minimum atomic E-state index is -0.785. The van der Waals surface area contributed by atoms with Crippen molar-refractivity contribution in [3.8, 4) is 5.69 Å². The number of nitrogens with one attached hydrogen (secondary N) is 1. The molecule has 2 aromatic rings. The summed E-state index contributed by atoms with van der Waals surface area (Å²) in [6.45, 7) is 0.495. The van der Waals surface area contributed by atoms with Crippen LogP contribution in [0.3, 0.4) is 0 Å². The maximum Gasteiger partial charge on any atom is 0.303 e. The maximum atomic E-state index is 12.9. The molecule has 0 unspecified atom stereocenters. The number of rotatable bonds is 9. The van der Waals surface area contributed by atoms with E-state index >= 15 is 0 Å². The number of carboxylic acids is 1. The number of nitrogens with zero attached hydrogens (tertiary/aromatic N) is 3. The Morgan fingerprint density at radius 2 is 1.83 bits per heavy atom. The second-order valence-corrected chi connectivity index (χ2v) is 5.31. The predicted molar refractivity (Wildman–Crippen MR) is 84.4 cm³/mol. The molecular weight excluding hydrogens is 315 g/mol. The van der Waals surface area contributed by atoms with Crippen LogP contribution in [0.1, 0.15) is 42.6 Å². The largest absolute Gasteiger partial charge is 0.481 e. The molecular formula is C16H19FN4O3. The van der Waals surface area contributed by atoms with Crippen molar-refractivity contribution in [2.45, 2.75) is 32.1 Å². The van der Waals surface area contributed by atoms with Crippen molar-refractivity contribution in [3.05, 3.63) is 42.0 Å². The zero-order valence-electron chi connectivity index (χ0n) is 13.1. The summed E-state index contributed by atoms with van der Waals surface area (Å²) in [6, 6.07) is 5.63. The van der Waals surface area contributed by atoms with Crippen molar-refractivity contribution in [2.75, 3.05) is 6.54 Å². The lowest BCUT2D eigenvalue weighted by atomic mass is 10.1. The van der Waals surface area contributed by atoms with Gasteiger partial charge in [0.1, 0.15) is 5.82 Å². The molecule has 0 radical (unpaired) electrons. The Kier molecular flexibility index (Phi) is 6.41. The van der Waals surface area contributed by atoms with Crippen LogP contribution in [-0.4, -0.2) is 38.5 Å². The summed E-state index contributed by atoms with van der Waals surface area (Å²) in [7, 11) is 0. The van der Waals surface area contributed by atoms with Crippen molar-refractivity contribution in [2.24, 2.45) is 0 Å². The number of carbonyl (C=O) groups is 2. The van der Waals surface area contributed by atoms with Gasteiger partial charge in [0.2, 0.25) is 0 Å². The Labute approximate surface area is 138 Å². The molecule has 0 bridgehead atoms. The Bertz CT molecular complexity index is 685. The molecule has 2 rings (SSSR count). The van der Waals surface area contributed by atoms with Crippen LogP contribution in [0.5, 0.6) is 0 Å². The van der Waals surface area contributed by atoms with Crippen LogP contribution in [0.15, 0.2) is 30.5 Å². The topological polar surface area (TPSA) is 97.1 Å². The molecule has 1 aromatic carbocycles. The minimum Gasteiger partial charge on any atom is -0.481 e. The fourth-order valence-corrected chi connectivity index (χ4v) is 2.11. The fourth-order valence-electron chi connectivity index (χ4n) is 2.11. The van der Waals surface area contributed by atoms with E-state index in [4.69, 9.17) is 5.11 Å². The van der Waals surface area contributed by atoms with E-state index < -0.39 is 5.97 Å². The first kappa shape index (κ1) is 17.6. The van der Waals surface area contributed by atoms with E-state index in [9.17, 15) is 14.0 Å². The molecule has 1 aromatic heterocycles. The van der Waals surface area contributed by atoms with Crippen molar-refractivity contribution >= 4 is 11.9 Å². The van der Waals surface area contributed by atoms with E-state index in [1.54, 1.807) is 0 Å². The molecule has 2 N–H and O–H groups in total. The number of hydrogen-bond acceptors (Lipinski definition) is 4. The van der Waals surface area contributed by atoms with E-state index in [1.807, 2.05) is 0 Å². The zero-order valence-corrected chi connectivity index (χ0v) is 13.1. The molecule has 1 amide bonds. The van der Waals surface area contributed by atoms with E-state index in [-0.39, 0.29) is 23.8 Å². The molecule has 0 aliphatic heterocycles. The Morgan fingerprint density at radius 1 is 1.12 bits per heavy atom. The van der Waals surface area contributed by atoms with Crippen LogP contribution in [0, 0.1) is 5.82 Å². The van der Waals surface area contributed by atoms with Crippen molar-refractivity contribution in [1.29, 1.82) is 0 Å². The quantitative estimate of drug-likeness (QED) is 0.685. The van der Waals surface area contributed by atoms with E-state index in [1.165, 1.54) is 35.3 Å². The first-order valence-electron chi connectivity index (χ1n) is 7.74. The van der Waals surface area contributed by atoms with Gasteiger partial charge in [-0.25, -0.2) is 4.39 Å². The average Bonchev–Trinajstić information content (AvgIpc) is 3.04. The number of carboxylic acid groups (broad SMARTS) is 1. The Balaban J connectivity index is 1.73. The van der Waals surface area contributed by atoms with Crippen molar-refractivity contribution in [3.63, 3.8) is 0 Å². The second kappa shape index (κ2) is 8.76. The van der Waals surface area contributed by atoms with Gasteiger partial charge in [-0.3, -0.25) is 9.59 Å². The maximum absolute atomic E-state index is 12.9. The molecule has 0 atom stereocenters. The van der Waals surface area contributed by atoms with E-state index in [2.05, 4.69) is 15.5 Å². The number of carbonyl (C=O) groups excluding carboxylic acids is 1. The van der Waals surface area contributed by atoms with E-state index in [0.29, 0.717) is 18.7 Å². The van der Waals surface area contributed by atoms with Crippen LogP contribution in [-0.2, 0) is 4.79 Å². The molecule has 128 valence electrons. The van der Waals surface area contributed by atoms with Crippen molar-refractivity contribution in [1.82, 2.24) is 20.3 Å². The average molecular weight is 334 g/mol. The normalized spacial score (nSPS) is 10.5. The Morgan fingerprint density at radius 3 is 2.54 bits per heavy atom. The molecule has 0 spiro atoms. The lowest BCUT2D eigenvalue weighted by Crippen LogP contribution is -2.25. The lowest BCUT2D eigenvalue weighted by Gasteiger charge is -2.03. The first-order chi connectivity index (χ1) is 11.6. The number of benzene rings is 1. The molecule has 7 nitrogen and oxygen atoms in total. The number of amides is 1. The lowest BCUT2D eigenvalue weighted by molar-refractivity contribution is -0.137. The van der Waals surface area contributed by atoms with Gasteiger partial charge < -0.3 is 10.4 Å². The van der Waals surface area contributed by atoms with Gasteiger partial charge in [0.15, 0.2) is 5.69 Å². The van der Waals surface area contributed by atoms with Crippen LogP contribution in [0.2, 0.25) is 0 Å². The van der Waals surface area contributed by atoms with Gasteiger partial charge in [-0.1, -0.05) is 12.8 Å². The molecule has 24 heavy (non-hydrogen) atoms. The number of aliphatic carboxylic acids is 1. The SMILES string of the molecule is O=C(O)CCCCCCNC(=O)c1cnn(-c2ccc(F)cc2)n1. The third-order valence-corrected chi connectivity index (χ3v) is 3.39. The third kappa shape index (κ3) is 5.45. The second-order valence-electron chi connectivity index (χ2n) is 5.31. The van der Waals surface area contributed by atoms with Gasteiger partial charge >= 0.3 is 5.97 Å². The smallest absolute Gasteiger partial charge is 0.303 e. The molecule has 0 fully saturated rings. The number of hydrogen-bond donors (Lipinski definition) is 2. The zero-order chi connectivity index (χ0) is 17.4. The van der Waals surface area contributed by atoms with Gasteiger partial charge in [0, 0.05) is 13.0 Å². The highest BCUT2D eigenvalue weighted by Crippen LogP contribution is 2.07. The van der Waals surface area contributed by atoms with Crippen LogP contribution in [0.25, 0.3) is 5.69 Å². The van der Waals surface area contributed by atoms with Gasteiger partial charge in [-0.2, -0.15) is 9.90 Å². The molecule has 0 aliphatic carbocycles. The fraction of sp³-hybridized carbons (Fsp3) is 0.375. The molecule has 0 saturated heterocycles. The predicted octanol–water partition coefficient (Wildman–Crippen LogP) is 2.17. The van der Waals surface area contributed by atoms with Gasteiger partial charge in [0.25, 0.3) is 5.91 Å². The molecule has 8 heteroatoms. The van der Waals surface area contributed by atoms with E-state index in [0.717, 1.165) is 19.3 Å². The highest BCUT2D eigenvalue weighted by atomic mass is 19.1. The van der Waals surface area contributed by atoms with Crippen LogP contribution in [0.4, 0.5) is 4.39 Å². The van der Waals surface area contributed by atoms with Crippen LogP contribution >= 0.6 is 0 Å². The van der Waals surface area contributed by atoms with Gasteiger partial charge in [0.05, 0.1) is 11.9 Å². The highest BCUT2D eigenvalue weighted by molar-refractivity contribution is 5.91. The first-order valence-corrected chi connectivity index (χ1v) is 7.74. The summed E-state index contributed by atoms with van der Waals surface area (Å²) < 4.78 is 12.9. The summed E-state index contributed by atoms with van der Waals surface area (Å²) in [5.41, 5.74) is 0.749. The minimum absolute atomic E-state index is 0.179. The number of halogens is 1. The number of unbranched alkanes of at least 4 members (excludes halogenated alkanes) is 3. The van der Waals surface area contributed by atoms with Gasteiger partial charge in [-0.05, 0) is 37.1 Å². The van der Waals surface area contributed by atoms with Crippen LogP contribution < -0.4 is 5.32 Å². The standard InChI is InChI=1S/C16H19FN4O3/c17-12-6-8-13(9-7-12)21-19-11-14(20-21)16(24)18-10-4-2-1-3-5-15(22)23/h6-9,11H,1-5,10H2,(H,18,24)(H,22,23). The molecule has 0 saturated carbocycles. The highest BCUT2D eigenvalue weighted by Gasteiger charge is 2.10. The van der Waals surface area contributed by atoms with Gasteiger partial charge in [-0.15, -0.1) is 5.10 Å². The molecule has 0 aliphatic rings. The third-order valence-electron chi connectivity index (χ3n) is 3.39. The monoisotopic (exact) mass is 334 g/mol. The summed E-state index contributed by atoms with van der Waals surface area (Å²) >= 11 is 0. The van der Waals surface area contributed by atoms with Crippen molar-refractivity contribution < 1.29 is 19.1 Å².